The van der Waals surface area contributed by atoms with Crippen LogP contribution in [0.1, 0.15) is 65.2 Å². The van der Waals surface area contributed by atoms with Gasteiger partial charge in [-0.2, -0.15) is 0 Å². The quantitative estimate of drug-likeness (QED) is 0.567. The van der Waals surface area contributed by atoms with Crippen molar-refractivity contribution in [3.8, 4) is 0 Å². The molecule has 2 unspecified atom stereocenters. The summed E-state index contributed by atoms with van der Waals surface area (Å²) in [6.07, 6.45) is 10.1. The molecule has 0 spiro atoms. The number of nitrogens with one attached hydrogen (secondary N) is 1. The number of fused-ring (bicyclic) bond motifs is 5. The molecule has 0 aromatic rings. The molecule has 0 amide bonds. The Hall–Kier alpha value is -1.49. The van der Waals surface area contributed by atoms with Crippen molar-refractivity contribution in [3.05, 3.63) is 12.2 Å². The predicted octanol–water partition coefficient (Wildman–Crippen LogP) is 3.46. The Kier molecular flexibility index (Phi) is 4.96. The lowest BCUT2D eigenvalue weighted by Crippen LogP contribution is -2.61. The average molecular weight is 414 g/mol. The van der Waals surface area contributed by atoms with Crippen LogP contribution in [-0.4, -0.2) is 36.7 Å². The molecule has 5 rings (SSSR count). The molecule has 7 atom stereocenters. The second kappa shape index (κ2) is 7.29. The molecular weight excluding hydrogens is 378 g/mol. The Morgan fingerprint density at radius 3 is 2.63 bits per heavy atom. The molecule has 0 aromatic carbocycles. The fourth-order valence-electron chi connectivity index (χ4n) is 7.88. The van der Waals surface area contributed by atoms with E-state index in [0.29, 0.717) is 42.2 Å². The standard InChI is InChI=1S/C25H35NO4/c1-24-11-10-18-16(17(24)7-8-21(24)28)12-20(27)19-4-3-5-22(25(18,19)2)30-23(29)9-6-15-13-26-14-15/h6,9,15-19,22,26H,3-5,7-8,10-14H2,1-2H3/t16-,17-,18+,19?,22?,24-,25+/m0/s1. The maximum Gasteiger partial charge on any atom is 0.330 e. The van der Waals surface area contributed by atoms with Crippen LogP contribution in [0.5, 0.6) is 0 Å². The molecule has 0 radical (unpaired) electrons. The third kappa shape index (κ3) is 2.95. The highest BCUT2D eigenvalue weighted by molar-refractivity contribution is 5.88. The van der Waals surface area contributed by atoms with Crippen molar-refractivity contribution < 1.29 is 19.1 Å². The number of Topliss-reactive ketones (excluding diaryl/α,β-unsaturated/α-hetero) is 2. The van der Waals surface area contributed by atoms with Gasteiger partial charge in [-0.05, 0) is 56.3 Å². The first kappa shape index (κ1) is 20.4. The lowest BCUT2D eigenvalue weighted by molar-refractivity contribution is -0.189. The maximum atomic E-state index is 13.3. The van der Waals surface area contributed by atoms with E-state index in [2.05, 4.69) is 19.2 Å². The molecule has 5 fully saturated rings. The minimum atomic E-state index is -0.299. The third-order valence-electron chi connectivity index (χ3n) is 9.75. The summed E-state index contributed by atoms with van der Waals surface area (Å²) >= 11 is 0. The highest BCUT2D eigenvalue weighted by atomic mass is 16.5. The van der Waals surface area contributed by atoms with Gasteiger partial charge in [0.25, 0.3) is 0 Å². The summed E-state index contributed by atoms with van der Waals surface area (Å²) in [6, 6.07) is 0. The molecule has 5 nitrogen and oxygen atoms in total. The van der Waals surface area contributed by atoms with Crippen LogP contribution in [-0.2, 0) is 19.1 Å². The van der Waals surface area contributed by atoms with E-state index in [4.69, 9.17) is 4.74 Å². The van der Waals surface area contributed by atoms with Gasteiger partial charge in [-0.15, -0.1) is 0 Å². The highest BCUT2D eigenvalue weighted by Gasteiger charge is 2.64. The van der Waals surface area contributed by atoms with Crippen molar-refractivity contribution in [2.75, 3.05) is 13.1 Å². The SMILES string of the molecule is C[C@]12C(OC(=O)C=CC3CNC3)CCCC1C(=O)C[C@@H]1[C@H]2CC[C@]2(C)C(=O)CC[C@@H]12. The van der Waals surface area contributed by atoms with Crippen LogP contribution in [0.4, 0.5) is 0 Å². The van der Waals surface area contributed by atoms with Gasteiger partial charge in [-0.25, -0.2) is 4.79 Å². The molecule has 1 saturated heterocycles. The zero-order valence-corrected chi connectivity index (χ0v) is 18.3. The van der Waals surface area contributed by atoms with Gasteiger partial charge in [-0.3, -0.25) is 9.59 Å². The zero-order valence-electron chi connectivity index (χ0n) is 18.3. The first-order chi connectivity index (χ1) is 14.3. The Balaban J connectivity index is 1.41. The molecule has 4 aliphatic carbocycles. The van der Waals surface area contributed by atoms with Crippen LogP contribution in [0.3, 0.4) is 0 Å². The molecule has 5 aliphatic rings. The number of hydrogen-bond donors (Lipinski definition) is 1. The summed E-state index contributed by atoms with van der Waals surface area (Å²) in [5.74, 6) is 1.83. The number of carbonyl (C=O) groups excluding carboxylic acids is 3. The van der Waals surface area contributed by atoms with Gasteiger partial charge in [0, 0.05) is 54.7 Å². The fourth-order valence-corrected chi connectivity index (χ4v) is 7.88. The molecule has 1 N–H and O–H groups in total. The predicted molar refractivity (Wildman–Crippen MR) is 113 cm³/mol. The van der Waals surface area contributed by atoms with Gasteiger partial charge in [0.05, 0.1) is 0 Å². The van der Waals surface area contributed by atoms with Gasteiger partial charge in [0.1, 0.15) is 17.7 Å². The molecular formula is C25H35NO4. The van der Waals surface area contributed by atoms with E-state index in [1.807, 2.05) is 6.08 Å². The summed E-state index contributed by atoms with van der Waals surface area (Å²) in [7, 11) is 0. The van der Waals surface area contributed by atoms with Gasteiger partial charge < -0.3 is 10.1 Å². The molecule has 0 bridgehead atoms. The molecule has 0 aromatic heterocycles. The Labute approximate surface area is 179 Å². The molecule has 30 heavy (non-hydrogen) atoms. The highest BCUT2D eigenvalue weighted by Crippen LogP contribution is 2.65. The second-order valence-corrected chi connectivity index (χ2v) is 11.0. The van der Waals surface area contributed by atoms with Crippen molar-refractivity contribution in [2.24, 2.45) is 40.4 Å². The van der Waals surface area contributed by atoms with Crippen LogP contribution in [0.15, 0.2) is 12.2 Å². The van der Waals surface area contributed by atoms with E-state index >= 15 is 0 Å². The van der Waals surface area contributed by atoms with Crippen LogP contribution < -0.4 is 5.32 Å². The van der Waals surface area contributed by atoms with E-state index in [1.165, 1.54) is 0 Å². The van der Waals surface area contributed by atoms with Crippen molar-refractivity contribution in [1.29, 1.82) is 0 Å². The summed E-state index contributed by atoms with van der Waals surface area (Å²) in [6.45, 7) is 6.21. The number of ketones is 2. The lowest BCUT2D eigenvalue weighted by atomic mass is 9.44. The molecule has 4 saturated carbocycles. The van der Waals surface area contributed by atoms with E-state index in [9.17, 15) is 14.4 Å². The summed E-state index contributed by atoms with van der Waals surface area (Å²) in [5, 5.41) is 3.21. The van der Waals surface area contributed by atoms with Crippen LogP contribution in [0.2, 0.25) is 0 Å². The number of esters is 1. The maximum absolute atomic E-state index is 13.3. The van der Waals surface area contributed by atoms with Crippen molar-refractivity contribution >= 4 is 17.5 Å². The fraction of sp³-hybridized carbons (Fsp3) is 0.800. The van der Waals surface area contributed by atoms with Crippen molar-refractivity contribution in [3.63, 3.8) is 0 Å². The van der Waals surface area contributed by atoms with Crippen LogP contribution >= 0.6 is 0 Å². The normalized spacial score (nSPS) is 46.1. The Bertz CT molecular complexity index is 786. The molecule has 5 heteroatoms. The monoisotopic (exact) mass is 413 g/mol. The van der Waals surface area contributed by atoms with E-state index in [1.54, 1.807) is 6.08 Å². The van der Waals surface area contributed by atoms with Crippen LogP contribution in [0.25, 0.3) is 0 Å². The van der Waals surface area contributed by atoms with Crippen LogP contribution in [0, 0.1) is 40.4 Å². The first-order valence-corrected chi connectivity index (χ1v) is 12.0. The van der Waals surface area contributed by atoms with Crippen molar-refractivity contribution in [2.45, 2.75) is 71.3 Å². The number of rotatable bonds is 3. The van der Waals surface area contributed by atoms with Gasteiger partial charge in [0.15, 0.2) is 0 Å². The largest absolute Gasteiger partial charge is 0.459 e. The molecule has 164 valence electrons. The molecule has 1 aliphatic heterocycles. The van der Waals surface area contributed by atoms with E-state index in [0.717, 1.165) is 51.6 Å². The zero-order chi connectivity index (χ0) is 21.1. The second-order valence-electron chi connectivity index (χ2n) is 11.0. The van der Waals surface area contributed by atoms with Gasteiger partial charge >= 0.3 is 5.97 Å². The van der Waals surface area contributed by atoms with Crippen molar-refractivity contribution in [1.82, 2.24) is 5.32 Å². The number of carbonyl (C=O) groups is 3. The minimum absolute atomic E-state index is 0.00780. The van der Waals surface area contributed by atoms with E-state index in [-0.39, 0.29) is 34.7 Å². The summed E-state index contributed by atoms with van der Waals surface area (Å²) < 4.78 is 6.07. The van der Waals surface area contributed by atoms with Gasteiger partial charge in [-0.1, -0.05) is 19.9 Å². The summed E-state index contributed by atoms with van der Waals surface area (Å²) in [4.78, 5) is 38.6. The number of ether oxygens (including phenoxy) is 1. The topological polar surface area (TPSA) is 72.5 Å². The first-order valence-electron chi connectivity index (χ1n) is 12.0. The Morgan fingerprint density at radius 2 is 1.90 bits per heavy atom. The summed E-state index contributed by atoms with van der Waals surface area (Å²) in [5.41, 5.74) is -0.544. The smallest absolute Gasteiger partial charge is 0.330 e. The average Bonchev–Trinajstić information content (AvgIpc) is 2.97. The lowest BCUT2D eigenvalue weighted by Gasteiger charge is -2.60. The minimum Gasteiger partial charge on any atom is -0.459 e. The van der Waals surface area contributed by atoms with Gasteiger partial charge in [0.2, 0.25) is 0 Å². The number of hydrogen-bond acceptors (Lipinski definition) is 5. The molecule has 1 heterocycles. The van der Waals surface area contributed by atoms with E-state index < -0.39 is 0 Å². The Morgan fingerprint density at radius 1 is 1.10 bits per heavy atom. The third-order valence-corrected chi connectivity index (χ3v) is 9.75.